The van der Waals surface area contributed by atoms with E-state index < -0.39 is 6.04 Å². The molecule has 0 saturated heterocycles. The molecule has 0 spiro atoms. The lowest BCUT2D eigenvalue weighted by Gasteiger charge is -2.15. The zero-order chi connectivity index (χ0) is 19.2. The Balaban J connectivity index is 1.78. The molecule has 0 bridgehead atoms. The molecule has 1 unspecified atom stereocenters. The van der Waals surface area contributed by atoms with Gasteiger partial charge in [0.25, 0.3) is 5.56 Å². The van der Waals surface area contributed by atoms with Crippen molar-refractivity contribution in [3.8, 4) is 17.0 Å². The van der Waals surface area contributed by atoms with Crippen molar-refractivity contribution in [1.82, 2.24) is 20.1 Å². The predicted octanol–water partition coefficient (Wildman–Crippen LogP) is 2.19. The summed E-state index contributed by atoms with van der Waals surface area (Å²) >= 11 is 0. The van der Waals surface area contributed by atoms with E-state index in [2.05, 4.69) is 15.4 Å². The summed E-state index contributed by atoms with van der Waals surface area (Å²) in [4.78, 5) is 28.8. The Labute approximate surface area is 156 Å². The van der Waals surface area contributed by atoms with Crippen molar-refractivity contribution < 1.29 is 9.53 Å². The lowest BCUT2D eigenvalue weighted by Crippen LogP contribution is -2.36. The van der Waals surface area contributed by atoms with Crippen LogP contribution in [-0.4, -0.2) is 27.8 Å². The second-order valence-corrected chi connectivity index (χ2v) is 5.94. The fourth-order valence-corrected chi connectivity index (χ4v) is 2.56. The minimum Gasteiger partial charge on any atom is -0.497 e. The summed E-state index contributed by atoms with van der Waals surface area (Å²) in [5.74, 6) is 0.427. The molecule has 0 saturated carbocycles. The zero-order valence-corrected chi connectivity index (χ0v) is 15.1. The Morgan fingerprint density at radius 2 is 1.93 bits per heavy atom. The number of pyridine rings is 1. The number of rotatable bonds is 6. The van der Waals surface area contributed by atoms with Crippen molar-refractivity contribution in [2.45, 2.75) is 19.5 Å². The molecule has 1 N–H and O–H groups in total. The van der Waals surface area contributed by atoms with E-state index in [9.17, 15) is 9.59 Å². The summed E-state index contributed by atoms with van der Waals surface area (Å²) in [6.45, 7) is 1.93. The summed E-state index contributed by atoms with van der Waals surface area (Å²) in [7, 11) is 1.60. The number of amides is 1. The molecular weight excluding hydrogens is 344 g/mol. The zero-order valence-electron chi connectivity index (χ0n) is 15.1. The number of carbonyl (C=O) groups is 1. The van der Waals surface area contributed by atoms with E-state index in [0.29, 0.717) is 5.69 Å². The highest BCUT2D eigenvalue weighted by Gasteiger charge is 2.18. The molecule has 1 aromatic carbocycles. The van der Waals surface area contributed by atoms with Gasteiger partial charge < -0.3 is 10.1 Å². The topological polar surface area (TPSA) is 86.1 Å². The highest BCUT2D eigenvalue weighted by Crippen LogP contribution is 2.20. The average Bonchev–Trinajstić information content (AvgIpc) is 2.72. The molecule has 0 aliphatic heterocycles. The molecule has 3 rings (SSSR count). The van der Waals surface area contributed by atoms with Crippen molar-refractivity contribution in [2.75, 3.05) is 7.11 Å². The molecule has 1 amide bonds. The summed E-state index contributed by atoms with van der Waals surface area (Å²) in [5, 5.41) is 7.14. The number of benzene rings is 1. The van der Waals surface area contributed by atoms with Crippen molar-refractivity contribution in [1.29, 1.82) is 0 Å². The molecule has 7 heteroatoms. The SMILES string of the molecule is COc1ccc(-c2ccc(=O)n(C(C)C(=O)NCc3ccccn3)n2)cc1. The van der Waals surface area contributed by atoms with E-state index in [4.69, 9.17) is 4.74 Å². The van der Waals surface area contributed by atoms with Gasteiger partial charge in [0, 0.05) is 17.8 Å². The molecule has 0 aliphatic rings. The van der Waals surface area contributed by atoms with Gasteiger partial charge in [0.15, 0.2) is 0 Å². The number of nitrogens with zero attached hydrogens (tertiary/aromatic N) is 3. The Bertz CT molecular complexity index is 969. The van der Waals surface area contributed by atoms with Crippen molar-refractivity contribution in [3.63, 3.8) is 0 Å². The smallest absolute Gasteiger partial charge is 0.267 e. The third kappa shape index (κ3) is 4.38. The van der Waals surface area contributed by atoms with Crippen LogP contribution in [0.5, 0.6) is 5.75 Å². The van der Waals surface area contributed by atoms with Gasteiger partial charge in [0.2, 0.25) is 5.91 Å². The lowest BCUT2D eigenvalue weighted by molar-refractivity contribution is -0.124. The van der Waals surface area contributed by atoms with Crippen LogP contribution in [0.3, 0.4) is 0 Å². The largest absolute Gasteiger partial charge is 0.497 e. The maximum Gasteiger partial charge on any atom is 0.267 e. The van der Waals surface area contributed by atoms with Crippen LogP contribution in [0.2, 0.25) is 0 Å². The molecule has 0 aliphatic carbocycles. The Morgan fingerprint density at radius 1 is 1.15 bits per heavy atom. The van der Waals surface area contributed by atoms with Gasteiger partial charge >= 0.3 is 0 Å². The first kappa shape index (κ1) is 18.3. The van der Waals surface area contributed by atoms with Crippen LogP contribution in [0.15, 0.2) is 65.6 Å². The summed E-state index contributed by atoms with van der Waals surface area (Å²) in [6, 6.07) is 15.1. The molecule has 0 radical (unpaired) electrons. The van der Waals surface area contributed by atoms with Crippen LogP contribution in [0, 0.1) is 0 Å². The number of methoxy groups -OCH3 is 1. The van der Waals surface area contributed by atoms with Gasteiger partial charge in [-0.25, -0.2) is 4.68 Å². The second-order valence-electron chi connectivity index (χ2n) is 5.94. The van der Waals surface area contributed by atoms with E-state index in [-0.39, 0.29) is 18.0 Å². The van der Waals surface area contributed by atoms with Crippen LogP contribution < -0.4 is 15.6 Å². The quantitative estimate of drug-likeness (QED) is 0.725. The average molecular weight is 364 g/mol. The van der Waals surface area contributed by atoms with Gasteiger partial charge in [-0.1, -0.05) is 6.07 Å². The van der Waals surface area contributed by atoms with Gasteiger partial charge in [0.05, 0.1) is 25.0 Å². The number of carbonyl (C=O) groups excluding carboxylic acids is 1. The maximum absolute atomic E-state index is 12.4. The lowest BCUT2D eigenvalue weighted by atomic mass is 10.1. The molecular formula is C20H20N4O3. The van der Waals surface area contributed by atoms with Crippen LogP contribution in [-0.2, 0) is 11.3 Å². The summed E-state index contributed by atoms with van der Waals surface area (Å²) in [6.07, 6.45) is 1.66. The first-order valence-electron chi connectivity index (χ1n) is 8.50. The van der Waals surface area contributed by atoms with Gasteiger partial charge in [-0.3, -0.25) is 14.6 Å². The van der Waals surface area contributed by atoms with Crippen LogP contribution in [0.1, 0.15) is 18.7 Å². The van der Waals surface area contributed by atoms with E-state index in [1.165, 1.54) is 10.7 Å². The highest BCUT2D eigenvalue weighted by atomic mass is 16.5. The standard InChI is InChI=1S/C20H20N4O3/c1-14(20(26)22-13-16-5-3-4-12-21-16)24-19(25)11-10-18(23-24)15-6-8-17(27-2)9-7-15/h3-12,14H,13H2,1-2H3,(H,22,26). The second kappa shape index (κ2) is 8.27. The van der Waals surface area contributed by atoms with Crippen molar-refractivity contribution in [3.05, 3.63) is 76.8 Å². The molecule has 0 fully saturated rings. The van der Waals surface area contributed by atoms with E-state index in [1.807, 2.05) is 42.5 Å². The molecule has 2 heterocycles. The molecule has 27 heavy (non-hydrogen) atoms. The van der Waals surface area contributed by atoms with Gasteiger partial charge in [-0.2, -0.15) is 5.10 Å². The normalized spacial score (nSPS) is 11.6. The minimum absolute atomic E-state index is 0.289. The van der Waals surface area contributed by atoms with Gasteiger partial charge in [0.1, 0.15) is 11.8 Å². The third-order valence-electron chi connectivity index (χ3n) is 4.13. The van der Waals surface area contributed by atoms with Crippen LogP contribution >= 0.6 is 0 Å². The maximum atomic E-state index is 12.4. The third-order valence-corrected chi connectivity index (χ3v) is 4.13. The monoisotopic (exact) mass is 364 g/mol. The van der Waals surface area contributed by atoms with E-state index >= 15 is 0 Å². The Kier molecular flexibility index (Phi) is 5.61. The number of ether oxygens (including phenoxy) is 1. The van der Waals surface area contributed by atoms with Crippen molar-refractivity contribution >= 4 is 5.91 Å². The van der Waals surface area contributed by atoms with Crippen LogP contribution in [0.25, 0.3) is 11.3 Å². The summed E-state index contributed by atoms with van der Waals surface area (Å²) < 4.78 is 6.34. The molecule has 1 atom stereocenters. The Morgan fingerprint density at radius 3 is 2.59 bits per heavy atom. The molecule has 3 aromatic rings. The van der Waals surface area contributed by atoms with E-state index in [0.717, 1.165) is 17.0 Å². The number of nitrogens with one attached hydrogen (secondary N) is 1. The van der Waals surface area contributed by atoms with E-state index in [1.54, 1.807) is 26.3 Å². The van der Waals surface area contributed by atoms with Crippen molar-refractivity contribution in [2.24, 2.45) is 0 Å². The molecule has 7 nitrogen and oxygen atoms in total. The van der Waals surface area contributed by atoms with Gasteiger partial charge in [-0.15, -0.1) is 0 Å². The fraction of sp³-hybridized carbons (Fsp3) is 0.200. The first-order chi connectivity index (χ1) is 13.1. The highest BCUT2D eigenvalue weighted by molar-refractivity contribution is 5.79. The van der Waals surface area contributed by atoms with Gasteiger partial charge in [-0.05, 0) is 49.4 Å². The number of hydrogen-bond donors (Lipinski definition) is 1. The Hall–Kier alpha value is -3.48. The fourth-order valence-electron chi connectivity index (χ4n) is 2.56. The minimum atomic E-state index is -0.751. The molecule has 2 aromatic heterocycles. The summed E-state index contributed by atoms with van der Waals surface area (Å²) in [5.41, 5.74) is 1.82. The first-order valence-corrected chi connectivity index (χ1v) is 8.50. The predicted molar refractivity (Wildman–Crippen MR) is 101 cm³/mol. The van der Waals surface area contributed by atoms with Crippen LogP contribution in [0.4, 0.5) is 0 Å². The number of hydrogen-bond acceptors (Lipinski definition) is 5. The number of aromatic nitrogens is 3. The molecule has 138 valence electrons.